The van der Waals surface area contributed by atoms with Crippen LogP contribution >= 0.6 is 0 Å². The number of rotatable bonds is 6. The van der Waals surface area contributed by atoms with Crippen molar-refractivity contribution in [2.24, 2.45) is 0 Å². The van der Waals surface area contributed by atoms with Crippen LogP contribution in [0.1, 0.15) is 17.6 Å². The molecule has 1 N–H and O–H groups in total. The van der Waals surface area contributed by atoms with E-state index in [1.165, 1.54) is 0 Å². The minimum absolute atomic E-state index is 0.0744. The van der Waals surface area contributed by atoms with E-state index in [2.05, 4.69) is 15.1 Å². The molecule has 2 aromatic heterocycles. The molecule has 0 fully saturated rings. The van der Waals surface area contributed by atoms with E-state index in [0.29, 0.717) is 11.7 Å². The summed E-state index contributed by atoms with van der Waals surface area (Å²) in [6.45, 7) is 0.326. The third-order valence-corrected chi connectivity index (χ3v) is 3.59. The van der Waals surface area contributed by atoms with E-state index >= 15 is 0 Å². The van der Waals surface area contributed by atoms with Crippen molar-refractivity contribution in [2.75, 3.05) is 13.6 Å². The Morgan fingerprint density at radius 2 is 2.12 bits per heavy atom. The monoisotopic (exact) mass is 346 g/mol. The van der Waals surface area contributed by atoms with Gasteiger partial charge in [0, 0.05) is 30.1 Å². The van der Waals surface area contributed by atoms with Gasteiger partial charge >= 0.3 is 0 Å². The van der Waals surface area contributed by atoms with Crippen molar-refractivity contribution in [3.63, 3.8) is 0 Å². The van der Waals surface area contributed by atoms with Gasteiger partial charge in [0.25, 0.3) is 0 Å². The largest absolute Gasteiger partial charge is 0.387 e. The molecule has 0 bridgehead atoms. The molecule has 0 radical (unpaired) electrons. The van der Waals surface area contributed by atoms with E-state index in [1.807, 2.05) is 6.07 Å². The molecule has 8 heteroatoms. The summed E-state index contributed by atoms with van der Waals surface area (Å²) in [4.78, 5) is 9.92. The third-order valence-electron chi connectivity index (χ3n) is 3.59. The number of likely N-dealkylation sites (N-methyl/N-ethyl adjacent to an activating group) is 1. The predicted molar refractivity (Wildman–Crippen MR) is 85.2 cm³/mol. The molecule has 0 saturated carbocycles. The SMILES string of the molecule is CN(Cc1nc(-c2cccnc2)no1)CC(O)c1cc(F)ccc1F. The predicted octanol–water partition coefficient (Wildman–Crippen LogP) is 2.58. The number of hydrogen-bond donors (Lipinski definition) is 1. The Hall–Kier alpha value is -2.71. The zero-order chi connectivity index (χ0) is 17.8. The van der Waals surface area contributed by atoms with Gasteiger partial charge < -0.3 is 9.63 Å². The minimum Gasteiger partial charge on any atom is -0.387 e. The minimum atomic E-state index is -1.18. The normalized spacial score (nSPS) is 12.5. The number of hydrogen-bond acceptors (Lipinski definition) is 6. The molecule has 1 aromatic carbocycles. The molecule has 0 amide bonds. The van der Waals surface area contributed by atoms with Crippen molar-refractivity contribution in [1.29, 1.82) is 0 Å². The lowest BCUT2D eigenvalue weighted by Gasteiger charge is -2.19. The number of aliphatic hydroxyl groups excluding tert-OH is 1. The quantitative estimate of drug-likeness (QED) is 0.739. The van der Waals surface area contributed by atoms with Crippen LogP contribution < -0.4 is 0 Å². The third kappa shape index (κ3) is 4.23. The lowest BCUT2D eigenvalue weighted by atomic mass is 10.1. The topological polar surface area (TPSA) is 75.3 Å². The fourth-order valence-electron chi connectivity index (χ4n) is 2.39. The summed E-state index contributed by atoms with van der Waals surface area (Å²) in [5, 5.41) is 14.0. The Labute approximate surface area is 142 Å². The van der Waals surface area contributed by atoms with Crippen molar-refractivity contribution in [1.82, 2.24) is 20.0 Å². The van der Waals surface area contributed by atoms with Gasteiger partial charge in [-0.25, -0.2) is 8.78 Å². The maximum Gasteiger partial charge on any atom is 0.241 e. The summed E-state index contributed by atoms with van der Waals surface area (Å²) in [5.74, 6) is -0.503. The second-order valence-corrected chi connectivity index (χ2v) is 5.63. The second kappa shape index (κ2) is 7.45. The summed E-state index contributed by atoms with van der Waals surface area (Å²) in [5.41, 5.74) is 0.635. The summed E-state index contributed by atoms with van der Waals surface area (Å²) >= 11 is 0. The number of aromatic nitrogens is 3. The van der Waals surface area contributed by atoms with E-state index in [0.717, 1.165) is 23.8 Å². The van der Waals surface area contributed by atoms with Crippen molar-refractivity contribution >= 4 is 0 Å². The molecule has 0 aliphatic heterocycles. The van der Waals surface area contributed by atoms with Crippen LogP contribution in [0.25, 0.3) is 11.4 Å². The molecule has 3 aromatic rings. The number of benzene rings is 1. The fraction of sp³-hybridized carbons (Fsp3) is 0.235. The van der Waals surface area contributed by atoms with E-state index in [-0.39, 0.29) is 18.7 Å². The molecule has 25 heavy (non-hydrogen) atoms. The van der Waals surface area contributed by atoms with E-state index in [4.69, 9.17) is 4.52 Å². The highest BCUT2D eigenvalue weighted by atomic mass is 19.1. The standard InChI is InChI=1S/C17H16F2N4O2/c1-23(9-15(24)13-7-12(18)4-5-14(13)19)10-16-21-17(22-25-16)11-3-2-6-20-8-11/h2-8,15,24H,9-10H2,1H3. The Morgan fingerprint density at radius 1 is 1.28 bits per heavy atom. The van der Waals surface area contributed by atoms with Gasteiger partial charge in [-0.2, -0.15) is 4.98 Å². The number of nitrogens with zero attached hydrogens (tertiary/aromatic N) is 4. The Kier molecular flexibility index (Phi) is 5.11. The first-order chi connectivity index (χ1) is 12.0. The van der Waals surface area contributed by atoms with Crippen LogP contribution in [0.4, 0.5) is 8.78 Å². The number of aliphatic hydroxyl groups is 1. The molecule has 0 spiro atoms. The first-order valence-electron chi connectivity index (χ1n) is 7.57. The molecule has 0 saturated heterocycles. The molecule has 2 heterocycles. The van der Waals surface area contributed by atoms with Crippen LogP contribution in [0.2, 0.25) is 0 Å². The maximum absolute atomic E-state index is 13.7. The zero-order valence-corrected chi connectivity index (χ0v) is 13.4. The van der Waals surface area contributed by atoms with Gasteiger partial charge in [-0.15, -0.1) is 0 Å². The molecule has 0 aliphatic carbocycles. The average Bonchev–Trinajstić information content (AvgIpc) is 3.06. The molecular weight excluding hydrogens is 330 g/mol. The smallest absolute Gasteiger partial charge is 0.241 e. The zero-order valence-electron chi connectivity index (χ0n) is 13.4. The van der Waals surface area contributed by atoms with Crippen LogP contribution in [0.5, 0.6) is 0 Å². The van der Waals surface area contributed by atoms with Gasteiger partial charge in [0.1, 0.15) is 11.6 Å². The second-order valence-electron chi connectivity index (χ2n) is 5.63. The lowest BCUT2D eigenvalue weighted by Crippen LogP contribution is -2.25. The van der Waals surface area contributed by atoms with Crippen molar-refractivity contribution in [3.8, 4) is 11.4 Å². The van der Waals surface area contributed by atoms with Crippen LogP contribution in [0.3, 0.4) is 0 Å². The first-order valence-corrected chi connectivity index (χ1v) is 7.57. The molecule has 6 nitrogen and oxygen atoms in total. The molecule has 130 valence electrons. The van der Waals surface area contributed by atoms with E-state index in [9.17, 15) is 13.9 Å². The van der Waals surface area contributed by atoms with Gasteiger partial charge in [-0.3, -0.25) is 9.88 Å². The Morgan fingerprint density at radius 3 is 2.88 bits per heavy atom. The highest BCUT2D eigenvalue weighted by Gasteiger charge is 2.18. The molecule has 0 aliphatic rings. The number of pyridine rings is 1. The van der Waals surface area contributed by atoms with Gasteiger partial charge in [-0.1, -0.05) is 5.16 Å². The van der Waals surface area contributed by atoms with Gasteiger partial charge in [0.2, 0.25) is 11.7 Å². The van der Waals surface area contributed by atoms with Gasteiger partial charge in [0.15, 0.2) is 0 Å². The molecule has 1 unspecified atom stereocenters. The molecular formula is C17H16F2N4O2. The highest BCUT2D eigenvalue weighted by Crippen LogP contribution is 2.20. The van der Waals surface area contributed by atoms with Crippen LogP contribution in [0.15, 0.2) is 47.2 Å². The first kappa shape index (κ1) is 17.1. The molecule has 3 rings (SSSR count). The summed E-state index contributed by atoms with van der Waals surface area (Å²) in [6, 6.07) is 6.56. The Bertz CT molecular complexity index is 842. The van der Waals surface area contributed by atoms with Crippen molar-refractivity contribution in [2.45, 2.75) is 12.6 Å². The Balaban J connectivity index is 1.64. The summed E-state index contributed by atoms with van der Waals surface area (Å²) in [7, 11) is 1.70. The van der Waals surface area contributed by atoms with E-state index in [1.54, 1.807) is 30.4 Å². The van der Waals surface area contributed by atoms with Gasteiger partial charge in [0.05, 0.1) is 12.6 Å². The lowest BCUT2D eigenvalue weighted by molar-refractivity contribution is 0.114. The van der Waals surface area contributed by atoms with Gasteiger partial charge in [-0.05, 0) is 37.4 Å². The van der Waals surface area contributed by atoms with Crippen molar-refractivity contribution in [3.05, 3.63) is 65.8 Å². The number of halogens is 2. The van der Waals surface area contributed by atoms with E-state index < -0.39 is 17.7 Å². The van der Waals surface area contributed by atoms with Crippen LogP contribution in [-0.2, 0) is 6.54 Å². The fourth-order valence-corrected chi connectivity index (χ4v) is 2.39. The van der Waals surface area contributed by atoms with Crippen LogP contribution in [-0.4, -0.2) is 38.7 Å². The molecule has 1 atom stereocenters. The summed E-state index contributed by atoms with van der Waals surface area (Å²) < 4.78 is 32.1. The van der Waals surface area contributed by atoms with Crippen molar-refractivity contribution < 1.29 is 18.4 Å². The summed E-state index contributed by atoms with van der Waals surface area (Å²) in [6.07, 6.45) is 2.08. The highest BCUT2D eigenvalue weighted by molar-refractivity contribution is 5.51. The maximum atomic E-state index is 13.7. The average molecular weight is 346 g/mol. The van der Waals surface area contributed by atoms with Crippen LogP contribution in [0, 0.1) is 11.6 Å².